The van der Waals surface area contributed by atoms with Gasteiger partial charge in [0.2, 0.25) is 15.8 Å². The third kappa shape index (κ3) is 4.31. The number of benzene rings is 2. The lowest BCUT2D eigenvalue weighted by Crippen LogP contribution is -2.37. The predicted molar refractivity (Wildman–Crippen MR) is 128 cm³/mol. The molecule has 2 aromatic carbocycles. The van der Waals surface area contributed by atoms with E-state index in [1.807, 2.05) is 35.7 Å². The number of sulfonamides is 1. The van der Waals surface area contributed by atoms with Crippen LogP contribution in [0.2, 0.25) is 0 Å². The summed E-state index contributed by atoms with van der Waals surface area (Å²) in [7, 11) is -3.60. The Morgan fingerprint density at radius 1 is 1.09 bits per heavy atom. The van der Waals surface area contributed by atoms with E-state index in [-0.39, 0.29) is 23.9 Å². The van der Waals surface area contributed by atoms with E-state index in [1.165, 1.54) is 32.5 Å². The molecule has 11 heteroatoms. The van der Waals surface area contributed by atoms with Gasteiger partial charge in [-0.15, -0.1) is 16.4 Å². The highest BCUT2D eigenvalue weighted by Crippen LogP contribution is 2.30. The molecule has 4 aromatic rings. The molecule has 0 radical (unpaired) electrons. The van der Waals surface area contributed by atoms with Crippen molar-refractivity contribution in [2.45, 2.75) is 6.42 Å². The van der Waals surface area contributed by atoms with Gasteiger partial charge in [0.05, 0.1) is 22.0 Å². The van der Waals surface area contributed by atoms with Gasteiger partial charge in [0.1, 0.15) is 5.82 Å². The molecule has 5 rings (SSSR count). The summed E-state index contributed by atoms with van der Waals surface area (Å²) in [4.78, 5) is 17.9. The number of para-hydroxylation sites is 1. The number of thiophene rings is 1. The lowest BCUT2D eigenvalue weighted by Gasteiger charge is -2.19. The standard InChI is InChI=1S/C23H20FN5O3S2/c24-17-7-9-18(10-8-17)29-22(20-6-3-14-33-20)26-21(27-29)23(30)25-12-15-34(31,32)28-13-11-16-4-1-2-5-19(16)28/h1-10,14H,11-13,15H2,(H,25,30). The number of hydrogen-bond donors (Lipinski definition) is 1. The summed E-state index contributed by atoms with van der Waals surface area (Å²) < 4.78 is 41.9. The fraction of sp³-hybridized carbons (Fsp3) is 0.174. The molecule has 1 aliphatic heterocycles. The number of carbonyl (C=O) groups excluding carboxylic acids is 1. The Bertz CT molecular complexity index is 1430. The minimum Gasteiger partial charge on any atom is -0.348 e. The first kappa shape index (κ1) is 22.2. The average Bonchev–Trinajstić information content (AvgIpc) is 3.58. The molecular formula is C23H20FN5O3S2. The second-order valence-corrected chi connectivity index (χ2v) is 10.6. The predicted octanol–water partition coefficient (Wildman–Crippen LogP) is 3.26. The van der Waals surface area contributed by atoms with Crippen LogP contribution < -0.4 is 9.62 Å². The number of aromatic nitrogens is 3. The zero-order valence-corrected chi connectivity index (χ0v) is 19.5. The summed E-state index contributed by atoms with van der Waals surface area (Å²) in [5, 5.41) is 8.79. The minimum atomic E-state index is -3.60. The van der Waals surface area contributed by atoms with Gasteiger partial charge in [-0.1, -0.05) is 24.3 Å². The van der Waals surface area contributed by atoms with E-state index in [9.17, 15) is 17.6 Å². The molecule has 1 N–H and O–H groups in total. The molecule has 0 atom stereocenters. The maximum atomic E-state index is 13.4. The van der Waals surface area contributed by atoms with Crippen LogP contribution in [0.1, 0.15) is 16.2 Å². The van der Waals surface area contributed by atoms with E-state index < -0.39 is 15.9 Å². The highest BCUT2D eigenvalue weighted by molar-refractivity contribution is 7.92. The van der Waals surface area contributed by atoms with E-state index in [0.717, 1.165) is 10.4 Å². The van der Waals surface area contributed by atoms with Crippen LogP contribution in [0.25, 0.3) is 16.4 Å². The highest BCUT2D eigenvalue weighted by atomic mass is 32.2. The monoisotopic (exact) mass is 497 g/mol. The Morgan fingerprint density at radius 3 is 2.65 bits per heavy atom. The summed E-state index contributed by atoms with van der Waals surface area (Å²) in [6.07, 6.45) is 0.665. The SMILES string of the molecule is O=C(NCCS(=O)(=O)N1CCc2ccccc21)c1nc(-c2cccs2)n(-c2ccc(F)cc2)n1. The Kier molecular flexibility index (Phi) is 5.88. The zero-order valence-electron chi connectivity index (χ0n) is 17.9. The maximum Gasteiger partial charge on any atom is 0.291 e. The summed E-state index contributed by atoms with van der Waals surface area (Å²) in [6.45, 7) is 0.308. The Morgan fingerprint density at radius 2 is 1.88 bits per heavy atom. The zero-order chi connectivity index (χ0) is 23.7. The second-order valence-electron chi connectivity index (χ2n) is 7.65. The molecule has 0 fully saturated rings. The van der Waals surface area contributed by atoms with Gasteiger partial charge >= 0.3 is 0 Å². The smallest absolute Gasteiger partial charge is 0.291 e. The van der Waals surface area contributed by atoms with E-state index in [1.54, 1.807) is 18.2 Å². The summed E-state index contributed by atoms with van der Waals surface area (Å²) in [6, 6.07) is 16.8. The van der Waals surface area contributed by atoms with Crippen molar-refractivity contribution in [3.8, 4) is 16.4 Å². The average molecular weight is 498 g/mol. The molecule has 1 aliphatic rings. The Hall–Kier alpha value is -3.57. The molecule has 0 spiro atoms. The van der Waals surface area contributed by atoms with Crippen molar-refractivity contribution in [3.63, 3.8) is 0 Å². The lowest BCUT2D eigenvalue weighted by atomic mass is 10.2. The first-order valence-corrected chi connectivity index (χ1v) is 13.0. The van der Waals surface area contributed by atoms with E-state index in [0.29, 0.717) is 30.2 Å². The van der Waals surface area contributed by atoms with Gasteiger partial charge < -0.3 is 5.32 Å². The Labute approximate surface area is 199 Å². The van der Waals surface area contributed by atoms with Gasteiger partial charge in [-0.2, -0.15) is 0 Å². The first-order valence-electron chi connectivity index (χ1n) is 10.6. The lowest BCUT2D eigenvalue weighted by molar-refractivity contribution is 0.0946. The molecule has 1 amide bonds. The normalized spacial score (nSPS) is 13.1. The van der Waals surface area contributed by atoms with Gasteiger partial charge in [0, 0.05) is 13.1 Å². The van der Waals surface area contributed by atoms with Crippen LogP contribution in [0, 0.1) is 5.82 Å². The molecule has 34 heavy (non-hydrogen) atoms. The van der Waals surface area contributed by atoms with Crippen LogP contribution >= 0.6 is 11.3 Å². The number of carbonyl (C=O) groups is 1. The van der Waals surface area contributed by atoms with Crippen molar-refractivity contribution in [1.29, 1.82) is 0 Å². The van der Waals surface area contributed by atoms with Crippen molar-refractivity contribution in [1.82, 2.24) is 20.1 Å². The van der Waals surface area contributed by atoms with Crippen molar-refractivity contribution in [3.05, 3.63) is 83.2 Å². The second kappa shape index (κ2) is 8.99. The van der Waals surface area contributed by atoms with Crippen LogP contribution in [0.4, 0.5) is 10.1 Å². The highest BCUT2D eigenvalue weighted by Gasteiger charge is 2.29. The molecule has 2 aromatic heterocycles. The fourth-order valence-electron chi connectivity index (χ4n) is 3.82. The van der Waals surface area contributed by atoms with E-state index >= 15 is 0 Å². The van der Waals surface area contributed by atoms with Crippen molar-refractivity contribution in [2.75, 3.05) is 23.1 Å². The quantitative estimate of drug-likeness (QED) is 0.423. The molecular weight excluding hydrogens is 477 g/mol. The minimum absolute atomic E-state index is 0.0841. The maximum absolute atomic E-state index is 13.4. The number of rotatable bonds is 7. The van der Waals surface area contributed by atoms with Gasteiger partial charge in [-0.3, -0.25) is 9.10 Å². The largest absolute Gasteiger partial charge is 0.348 e. The molecule has 3 heterocycles. The van der Waals surface area contributed by atoms with E-state index in [4.69, 9.17) is 0 Å². The van der Waals surface area contributed by atoms with Crippen LogP contribution in [0.5, 0.6) is 0 Å². The van der Waals surface area contributed by atoms with Gasteiger partial charge in [-0.25, -0.2) is 22.5 Å². The van der Waals surface area contributed by atoms with Crippen molar-refractivity contribution < 1.29 is 17.6 Å². The number of amides is 1. The molecule has 0 unspecified atom stereocenters. The molecule has 174 valence electrons. The van der Waals surface area contributed by atoms with Gasteiger partial charge in [-0.05, 0) is 53.8 Å². The Balaban J connectivity index is 1.31. The van der Waals surface area contributed by atoms with Crippen LogP contribution in [0.3, 0.4) is 0 Å². The van der Waals surface area contributed by atoms with Crippen molar-refractivity contribution in [2.24, 2.45) is 0 Å². The van der Waals surface area contributed by atoms with Gasteiger partial charge in [0.15, 0.2) is 5.82 Å². The number of anilines is 1. The third-order valence-electron chi connectivity index (χ3n) is 5.45. The molecule has 8 nitrogen and oxygen atoms in total. The molecule has 0 saturated heterocycles. The first-order chi connectivity index (χ1) is 16.4. The topological polar surface area (TPSA) is 97.2 Å². The third-order valence-corrected chi connectivity index (χ3v) is 8.09. The van der Waals surface area contributed by atoms with E-state index in [2.05, 4.69) is 15.4 Å². The molecule has 0 saturated carbocycles. The number of fused-ring (bicyclic) bond motifs is 1. The molecule has 0 bridgehead atoms. The van der Waals surface area contributed by atoms with Crippen LogP contribution in [-0.4, -0.2) is 47.9 Å². The van der Waals surface area contributed by atoms with Crippen LogP contribution in [-0.2, 0) is 16.4 Å². The number of hydrogen-bond acceptors (Lipinski definition) is 6. The van der Waals surface area contributed by atoms with Gasteiger partial charge in [0.25, 0.3) is 5.91 Å². The number of nitrogens with one attached hydrogen (secondary N) is 1. The van der Waals surface area contributed by atoms with Crippen LogP contribution in [0.15, 0.2) is 66.0 Å². The summed E-state index contributed by atoms with van der Waals surface area (Å²) >= 11 is 1.43. The molecule has 0 aliphatic carbocycles. The number of halogens is 1. The number of nitrogens with zero attached hydrogens (tertiary/aromatic N) is 4. The summed E-state index contributed by atoms with van der Waals surface area (Å²) in [5.74, 6) is -0.884. The van der Waals surface area contributed by atoms with Crippen molar-refractivity contribution >= 4 is 33.0 Å². The fourth-order valence-corrected chi connectivity index (χ4v) is 5.94. The summed E-state index contributed by atoms with van der Waals surface area (Å²) in [5.41, 5.74) is 2.23.